The summed E-state index contributed by atoms with van der Waals surface area (Å²) in [4.78, 5) is 41.2. The number of rotatable bonds is 6. The number of phenolic OH excluding ortho intramolecular Hbond substituents is 1. The first-order valence-corrected chi connectivity index (χ1v) is 16.0. The highest BCUT2D eigenvalue weighted by Gasteiger charge is 2.64. The van der Waals surface area contributed by atoms with Crippen molar-refractivity contribution in [2.75, 3.05) is 21.2 Å². The van der Waals surface area contributed by atoms with Crippen molar-refractivity contribution in [2.24, 2.45) is 29.4 Å². The quantitative estimate of drug-likeness (QED) is 0.296. The molecule has 2 saturated carbocycles. The molecule has 244 valence electrons. The molecule has 2 aromatic carbocycles. The van der Waals surface area contributed by atoms with Crippen molar-refractivity contribution in [1.82, 2.24) is 4.90 Å². The van der Waals surface area contributed by atoms with E-state index in [1.165, 1.54) is 23.8 Å². The molecule has 0 heterocycles. The van der Waals surface area contributed by atoms with Gasteiger partial charge in [-0.15, -0.1) is 0 Å². The summed E-state index contributed by atoms with van der Waals surface area (Å²) in [7, 11) is 4.82. The van der Waals surface area contributed by atoms with E-state index in [2.05, 4.69) is 13.0 Å². The van der Waals surface area contributed by atoms with Crippen LogP contribution in [0.15, 0.2) is 47.2 Å². The first-order valence-electron chi connectivity index (χ1n) is 16.0. The Morgan fingerprint density at radius 2 is 1.76 bits per heavy atom. The summed E-state index contributed by atoms with van der Waals surface area (Å²) in [6, 6.07) is 8.10. The number of Topliss-reactive ketones (excluding diaryl/α,β-unsaturated/α-hetero) is 2. The Balaban J connectivity index is 1.46. The molecule has 2 fully saturated rings. The fourth-order valence-electron chi connectivity index (χ4n) is 8.46. The van der Waals surface area contributed by atoms with E-state index < -0.39 is 58.0 Å². The lowest BCUT2D eigenvalue weighted by Gasteiger charge is -2.50. The third-order valence-electron chi connectivity index (χ3n) is 10.8. The minimum absolute atomic E-state index is 0.0365. The van der Waals surface area contributed by atoms with Crippen LogP contribution < -0.4 is 10.5 Å². The molecule has 46 heavy (non-hydrogen) atoms. The van der Waals surface area contributed by atoms with Gasteiger partial charge in [0.1, 0.15) is 28.6 Å². The number of carbonyl (C=O) groups is 3. The summed E-state index contributed by atoms with van der Waals surface area (Å²) < 4.78 is 5.73. The molecule has 6 N–H and O–H groups in total. The first-order chi connectivity index (χ1) is 21.8. The van der Waals surface area contributed by atoms with Gasteiger partial charge in [-0.3, -0.25) is 19.3 Å². The third kappa shape index (κ3) is 4.81. The fourth-order valence-corrected chi connectivity index (χ4v) is 8.46. The highest BCUT2D eigenvalue weighted by Crippen LogP contribution is 2.53. The number of aliphatic hydroxyl groups is 3. The zero-order valence-electron chi connectivity index (χ0n) is 26.7. The average Bonchev–Trinajstić information content (AvgIpc) is 3.00. The van der Waals surface area contributed by atoms with Crippen molar-refractivity contribution in [2.45, 2.75) is 63.5 Å². The molecule has 0 saturated heterocycles. The largest absolute Gasteiger partial charge is 0.508 e. The molecule has 4 aliphatic carbocycles. The molecule has 0 spiro atoms. The zero-order valence-corrected chi connectivity index (χ0v) is 26.7. The lowest BCUT2D eigenvalue weighted by atomic mass is 9.57. The van der Waals surface area contributed by atoms with Crippen LogP contribution in [-0.4, -0.2) is 75.6 Å². The summed E-state index contributed by atoms with van der Waals surface area (Å²) in [5, 5.41) is 45.6. The van der Waals surface area contributed by atoms with Gasteiger partial charge in [0.15, 0.2) is 11.4 Å². The lowest BCUT2D eigenvalue weighted by molar-refractivity contribution is -0.153. The highest BCUT2D eigenvalue weighted by molar-refractivity contribution is 6.24. The van der Waals surface area contributed by atoms with Gasteiger partial charge in [-0.1, -0.05) is 31.9 Å². The number of phenols is 1. The number of ether oxygens (including phenoxy) is 1. The number of nitrogens with zero attached hydrogens (tertiary/aromatic N) is 1. The average molecular weight is 631 g/mol. The number of methoxy groups -OCH3 is 1. The second-order valence-electron chi connectivity index (χ2n) is 13.8. The Bertz CT molecular complexity index is 1700. The van der Waals surface area contributed by atoms with Crippen LogP contribution in [0, 0.1) is 23.7 Å². The van der Waals surface area contributed by atoms with Crippen LogP contribution in [0.3, 0.4) is 0 Å². The van der Waals surface area contributed by atoms with Gasteiger partial charge in [-0.05, 0) is 104 Å². The molecule has 10 nitrogen and oxygen atoms in total. The number of primary amides is 1. The molecule has 4 atom stereocenters. The maximum atomic E-state index is 14.1. The predicted octanol–water partition coefficient (Wildman–Crippen LogP) is 4.01. The summed E-state index contributed by atoms with van der Waals surface area (Å²) in [5.41, 5.74) is 5.19. The molecule has 2 aromatic rings. The van der Waals surface area contributed by atoms with Gasteiger partial charge in [0.05, 0.1) is 18.7 Å². The Labute approximate surface area is 268 Å². The van der Waals surface area contributed by atoms with Crippen molar-refractivity contribution in [1.29, 1.82) is 0 Å². The number of nitrogens with two attached hydrogens (primary N) is 1. The van der Waals surface area contributed by atoms with Crippen molar-refractivity contribution in [3.63, 3.8) is 0 Å². The van der Waals surface area contributed by atoms with Crippen LogP contribution in [0.2, 0.25) is 0 Å². The summed E-state index contributed by atoms with van der Waals surface area (Å²) >= 11 is 0. The summed E-state index contributed by atoms with van der Waals surface area (Å²) in [6.45, 7) is 2.30. The number of hydrogen-bond acceptors (Lipinski definition) is 9. The SMILES string of the molecule is COc1ccc(-c2ccc(O)c3c2C[C@@H]2C[C@@H]4C(N(C)C)C(=O)C(C(N)=O)=C(O)[C@]4(O)C(=O)C2=C3O)cc1CC1CCC(C)CC1. The molecule has 0 radical (unpaired) electrons. The second kappa shape index (κ2) is 11.6. The number of fused-ring (bicyclic) bond motifs is 3. The minimum Gasteiger partial charge on any atom is -0.508 e. The van der Waals surface area contributed by atoms with Crippen LogP contribution in [0.4, 0.5) is 0 Å². The molecule has 0 aromatic heterocycles. The molecule has 6 rings (SSSR count). The van der Waals surface area contributed by atoms with Crippen LogP contribution in [-0.2, 0) is 27.2 Å². The maximum absolute atomic E-state index is 14.1. The van der Waals surface area contributed by atoms with Gasteiger partial charge in [0, 0.05) is 11.5 Å². The number of likely N-dealkylation sites (N-methyl/N-ethyl adjacent to an activating group) is 1. The molecule has 1 amide bonds. The van der Waals surface area contributed by atoms with E-state index in [1.807, 2.05) is 12.1 Å². The van der Waals surface area contributed by atoms with E-state index in [4.69, 9.17) is 10.5 Å². The number of ketones is 2. The van der Waals surface area contributed by atoms with Crippen LogP contribution in [0.25, 0.3) is 16.9 Å². The highest BCUT2D eigenvalue weighted by atomic mass is 16.5. The van der Waals surface area contributed by atoms with Crippen molar-refractivity contribution in [3.05, 3.63) is 63.9 Å². The van der Waals surface area contributed by atoms with E-state index in [1.54, 1.807) is 27.3 Å². The smallest absolute Gasteiger partial charge is 0.255 e. The van der Waals surface area contributed by atoms with Crippen molar-refractivity contribution < 1.29 is 39.5 Å². The van der Waals surface area contributed by atoms with Crippen molar-refractivity contribution in [3.8, 4) is 22.6 Å². The molecule has 0 bridgehead atoms. The Kier molecular flexibility index (Phi) is 8.01. The van der Waals surface area contributed by atoms with E-state index in [-0.39, 0.29) is 29.7 Å². The monoisotopic (exact) mass is 630 g/mol. The minimum atomic E-state index is -2.67. The van der Waals surface area contributed by atoms with E-state index >= 15 is 0 Å². The fraction of sp³-hybridized carbons (Fsp3) is 0.472. The number of aromatic hydroxyl groups is 1. The standard InChI is InChI=1S/C36H42N2O8/c1-17-5-7-18(8-6-17)13-20-14-19(9-12-26(20)46-4)22-10-11-25(39)28-23(22)15-21-16-24-30(38(2)3)32(41)29(35(37)44)34(43)36(24,45)33(42)27(21)31(28)40/h9-12,14,17-18,21,24,30,39-40,43,45H,5-8,13,15-16H2,1-4H3,(H2,37,44)/t17?,18?,21-,24-,30?,36-/m1/s1. The zero-order chi connectivity index (χ0) is 33.2. The Morgan fingerprint density at radius 1 is 1.07 bits per heavy atom. The first kappa shape index (κ1) is 31.8. The predicted molar refractivity (Wildman–Crippen MR) is 171 cm³/mol. The molecule has 4 aliphatic rings. The van der Waals surface area contributed by atoms with Gasteiger partial charge in [-0.2, -0.15) is 0 Å². The molecule has 10 heteroatoms. The van der Waals surface area contributed by atoms with Crippen LogP contribution in [0.5, 0.6) is 11.5 Å². The van der Waals surface area contributed by atoms with Crippen LogP contribution in [0.1, 0.15) is 55.7 Å². The summed E-state index contributed by atoms with van der Waals surface area (Å²) in [5.74, 6) is -4.57. The van der Waals surface area contributed by atoms with Gasteiger partial charge in [0.25, 0.3) is 5.91 Å². The summed E-state index contributed by atoms with van der Waals surface area (Å²) in [6.07, 6.45) is 5.88. The number of carbonyl (C=O) groups excluding carboxylic acids is 3. The maximum Gasteiger partial charge on any atom is 0.255 e. The third-order valence-corrected chi connectivity index (χ3v) is 10.8. The van der Waals surface area contributed by atoms with E-state index in [0.29, 0.717) is 11.5 Å². The number of amides is 1. The van der Waals surface area contributed by atoms with Gasteiger partial charge in [-0.25, -0.2) is 0 Å². The van der Waals surface area contributed by atoms with E-state index in [0.717, 1.165) is 47.6 Å². The van der Waals surface area contributed by atoms with Crippen LogP contribution >= 0.6 is 0 Å². The van der Waals surface area contributed by atoms with Gasteiger partial charge in [0.2, 0.25) is 5.78 Å². The lowest BCUT2D eigenvalue weighted by Crippen LogP contribution is -2.65. The Morgan fingerprint density at radius 3 is 2.39 bits per heavy atom. The molecule has 1 unspecified atom stereocenters. The van der Waals surface area contributed by atoms with E-state index in [9.17, 15) is 34.8 Å². The number of aliphatic hydroxyl groups excluding tert-OH is 2. The van der Waals surface area contributed by atoms with Gasteiger partial charge < -0.3 is 30.9 Å². The number of benzene rings is 2. The van der Waals surface area contributed by atoms with Gasteiger partial charge >= 0.3 is 0 Å². The van der Waals surface area contributed by atoms with Crippen molar-refractivity contribution >= 4 is 23.2 Å². The second-order valence-corrected chi connectivity index (χ2v) is 13.8. The number of hydrogen-bond donors (Lipinski definition) is 5. The topological polar surface area (TPSA) is 171 Å². The Hall–Kier alpha value is -4.15. The normalized spacial score (nSPS) is 29.4. The molecule has 0 aliphatic heterocycles. The molecular weight excluding hydrogens is 588 g/mol. The molecular formula is C36H42N2O8.